The largest absolute Gasteiger partial charge is 0.327 e. The van der Waals surface area contributed by atoms with Crippen LogP contribution in [-0.2, 0) is 26.2 Å². The maximum atomic E-state index is 13.5. The van der Waals surface area contributed by atoms with Crippen LogP contribution in [0.4, 0.5) is 0 Å². The zero-order valence-electron chi connectivity index (χ0n) is 16.7. The van der Waals surface area contributed by atoms with Gasteiger partial charge in [0.25, 0.3) is 5.91 Å². The van der Waals surface area contributed by atoms with E-state index in [9.17, 15) is 4.79 Å². The van der Waals surface area contributed by atoms with Gasteiger partial charge in [0.05, 0.1) is 35.4 Å². The second-order valence-corrected chi connectivity index (χ2v) is 8.61. The molecule has 2 aromatic rings. The van der Waals surface area contributed by atoms with Crippen molar-refractivity contribution in [3.05, 3.63) is 57.1 Å². The highest BCUT2D eigenvalue weighted by Crippen LogP contribution is 2.43. The number of aryl methyl sites for hydroxylation is 2. The number of halogens is 2. The third-order valence-corrected chi connectivity index (χ3v) is 6.61. The van der Waals surface area contributed by atoms with Gasteiger partial charge in [-0.3, -0.25) is 14.5 Å². The maximum absolute atomic E-state index is 13.5. The number of pyridine rings is 1. The monoisotopic (exact) mass is 433 g/mol. The standard InChI is InChI=1S/C21H25Cl2N5O/c1-3-28-14(6-7-25-28)10-27-11-18-20(21(27)29)19(16(9-24)12(2)26-18)15-5-4-13(22)8-17(15)23/h6-8,13,15H,3-5,9-11,24H2,1-2H3/t13?,15-/m1/s1. The van der Waals surface area contributed by atoms with E-state index in [1.54, 1.807) is 6.20 Å². The quantitative estimate of drug-likeness (QED) is 0.726. The Balaban J connectivity index is 1.76. The smallest absolute Gasteiger partial charge is 0.256 e. The predicted octanol–water partition coefficient (Wildman–Crippen LogP) is 3.83. The number of carbonyl (C=O) groups excluding carboxylic acids is 1. The topological polar surface area (TPSA) is 77.0 Å². The Hall–Kier alpha value is -1.89. The van der Waals surface area contributed by atoms with Crippen LogP contribution in [0.15, 0.2) is 23.4 Å². The van der Waals surface area contributed by atoms with E-state index in [2.05, 4.69) is 5.10 Å². The zero-order chi connectivity index (χ0) is 20.7. The molecular weight excluding hydrogens is 409 g/mol. The number of nitrogens with two attached hydrogens (primary N) is 1. The first kappa shape index (κ1) is 20.4. The highest BCUT2D eigenvalue weighted by molar-refractivity contribution is 6.31. The van der Waals surface area contributed by atoms with Crippen LogP contribution in [0, 0.1) is 6.92 Å². The molecule has 2 atom stereocenters. The molecule has 154 valence electrons. The normalized spacial score (nSPS) is 21.5. The second kappa shape index (κ2) is 8.09. The van der Waals surface area contributed by atoms with Gasteiger partial charge in [0, 0.05) is 35.9 Å². The van der Waals surface area contributed by atoms with E-state index in [4.69, 9.17) is 33.9 Å². The minimum Gasteiger partial charge on any atom is -0.327 e. The molecule has 2 aliphatic rings. The average molecular weight is 434 g/mol. The molecule has 2 N–H and O–H groups in total. The van der Waals surface area contributed by atoms with Crippen molar-refractivity contribution in [1.82, 2.24) is 19.7 Å². The number of hydrogen-bond acceptors (Lipinski definition) is 4. The van der Waals surface area contributed by atoms with Crippen LogP contribution < -0.4 is 5.73 Å². The molecule has 4 rings (SSSR count). The molecular formula is C21H25Cl2N5O. The van der Waals surface area contributed by atoms with Crippen LogP contribution in [0.25, 0.3) is 0 Å². The molecule has 0 saturated carbocycles. The Morgan fingerprint density at radius 1 is 1.34 bits per heavy atom. The molecule has 2 aromatic heterocycles. The van der Waals surface area contributed by atoms with Crippen molar-refractivity contribution < 1.29 is 4.79 Å². The number of fused-ring (bicyclic) bond motifs is 1. The van der Waals surface area contributed by atoms with Crippen molar-refractivity contribution in [3.63, 3.8) is 0 Å². The van der Waals surface area contributed by atoms with Crippen molar-refractivity contribution in [2.45, 2.75) is 64.2 Å². The van der Waals surface area contributed by atoms with Gasteiger partial charge in [-0.15, -0.1) is 11.6 Å². The van der Waals surface area contributed by atoms with Gasteiger partial charge in [0.1, 0.15) is 0 Å². The Morgan fingerprint density at radius 3 is 2.83 bits per heavy atom. The fourth-order valence-corrected chi connectivity index (χ4v) is 5.15. The van der Waals surface area contributed by atoms with Gasteiger partial charge in [-0.05, 0) is 43.9 Å². The number of aromatic nitrogens is 3. The lowest BCUT2D eigenvalue weighted by molar-refractivity contribution is 0.0761. The highest BCUT2D eigenvalue weighted by atomic mass is 35.5. The average Bonchev–Trinajstić information content (AvgIpc) is 3.25. The minimum absolute atomic E-state index is 0.0153. The van der Waals surface area contributed by atoms with Crippen LogP contribution in [-0.4, -0.2) is 30.9 Å². The Morgan fingerprint density at radius 2 is 2.14 bits per heavy atom. The summed E-state index contributed by atoms with van der Waals surface area (Å²) in [5.74, 6) is -0.0794. The number of amides is 1. The first-order chi connectivity index (χ1) is 13.9. The predicted molar refractivity (Wildman–Crippen MR) is 114 cm³/mol. The molecule has 1 unspecified atom stereocenters. The lowest BCUT2D eigenvalue weighted by Gasteiger charge is -2.27. The summed E-state index contributed by atoms with van der Waals surface area (Å²) in [4.78, 5) is 20.0. The molecule has 3 heterocycles. The summed E-state index contributed by atoms with van der Waals surface area (Å²) >= 11 is 12.9. The fourth-order valence-electron chi connectivity index (χ4n) is 4.45. The number of allylic oxidation sites excluding steroid dienone is 2. The molecule has 0 saturated heterocycles. The van der Waals surface area contributed by atoms with Crippen LogP contribution in [0.3, 0.4) is 0 Å². The summed E-state index contributed by atoms with van der Waals surface area (Å²) < 4.78 is 1.91. The molecule has 1 amide bonds. The third kappa shape index (κ3) is 3.58. The van der Waals surface area contributed by atoms with E-state index in [1.807, 2.05) is 35.6 Å². The van der Waals surface area contributed by atoms with Gasteiger partial charge >= 0.3 is 0 Å². The molecule has 29 heavy (non-hydrogen) atoms. The van der Waals surface area contributed by atoms with Gasteiger partial charge in [0.15, 0.2) is 0 Å². The number of nitrogens with zero attached hydrogens (tertiary/aromatic N) is 4. The van der Waals surface area contributed by atoms with Crippen molar-refractivity contribution in [1.29, 1.82) is 0 Å². The van der Waals surface area contributed by atoms with Crippen molar-refractivity contribution in [2.75, 3.05) is 0 Å². The lowest BCUT2D eigenvalue weighted by atomic mass is 9.82. The summed E-state index contributed by atoms with van der Waals surface area (Å²) in [6.07, 6.45) is 5.26. The minimum atomic E-state index is -0.0717. The molecule has 6 nitrogen and oxygen atoms in total. The second-order valence-electron chi connectivity index (χ2n) is 7.61. The van der Waals surface area contributed by atoms with E-state index >= 15 is 0 Å². The highest BCUT2D eigenvalue weighted by Gasteiger charge is 2.37. The summed E-state index contributed by atoms with van der Waals surface area (Å²) in [5.41, 5.74) is 11.3. The molecule has 0 radical (unpaired) electrons. The molecule has 0 aromatic carbocycles. The van der Waals surface area contributed by atoms with Gasteiger partial charge in [-0.2, -0.15) is 5.10 Å². The Kier molecular flexibility index (Phi) is 5.69. The van der Waals surface area contributed by atoms with Crippen LogP contribution in [0.2, 0.25) is 0 Å². The Labute approximate surface area is 180 Å². The third-order valence-electron chi connectivity index (χ3n) is 5.88. The summed E-state index contributed by atoms with van der Waals surface area (Å²) in [6, 6.07) is 1.95. The first-order valence-electron chi connectivity index (χ1n) is 9.98. The number of rotatable bonds is 5. The van der Waals surface area contributed by atoms with E-state index in [0.717, 1.165) is 47.6 Å². The Bertz CT molecular complexity index is 984. The number of carbonyl (C=O) groups is 1. The van der Waals surface area contributed by atoms with E-state index < -0.39 is 0 Å². The summed E-state index contributed by atoms with van der Waals surface area (Å²) in [5, 5.41) is 4.93. The van der Waals surface area contributed by atoms with E-state index in [1.165, 1.54) is 0 Å². The van der Waals surface area contributed by atoms with Gasteiger partial charge < -0.3 is 10.6 Å². The van der Waals surface area contributed by atoms with Crippen LogP contribution in [0.5, 0.6) is 0 Å². The molecule has 0 spiro atoms. The summed E-state index contributed by atoms with van der Waals surface area (Å²) in [6.45, 7) is 6.05. The number of hydrogen-bond donors (Lipinski definition) is 1. The molecule has 8 heteroatoms. The summed E-state index contributed by atoms with van der Waals surface area (Å²) in [7, 11) is 0. The lowest BCUT2D eigenvalue weighted by Crippen LogP contribution is -2.26. The molecule has 0 bridgehead atoms. The van der Waals surface area contributed by atoms with Crippen molar-refractivity contribution >= 4 is 29.1 Å². The first-order valence-corrected chi connectivity index (χ1v) is 10.8. The zero-order valence-corrected chi connectivity index (χ0v) is 18.2. The van der Waals surface area contributed by atoms with E-state index in [0.29, 0.717) is 30.2 Å². The van der Waals surface area contributed by atoms with Gasteiger partial charge in [-0.25, -0.2) is 0 Å². The number of alkyl halides is 1. The molecule has 1 aliphatic heterocycles. The van der Waals surface area contributed by atoms with Crippen LogP contribution >= 0.6 is 23.2 Å². The molecule has 1 aliphatic carbocycles. The van der Waals surface area contributed by atoms with Crippen molar-refractivity contribution in [3.8, 4) is 0 Å². The maximum Gasteiger partial charge on any atom is 0.256 e. The van der Waals surface area contributed by atoms with Gasteiger partial charge in [0.2, 0.25) is 0 Å². The van der Waals surface area contributed by atoms with Gasteiger partial charge in [-0.1, -0.05) is 17.7 Å². The SMILES string of the molecule is CCn1nccc1CN1Cc2nc(C)c(CN)c([C@@H]3CCC(Cl)C=C3Cl)c2C1=O. The fraction of sp³-hybridized carbons (Fsp3) is 0.476. The van der Waals surface area contributed by atoms with Crippen LogP contribution in [0.1, 0.15) is 64.2 Å². The molecule has 0 fully saturated rings. The van der Waals surface area contributed by atoms with Crippen molar-refractivity contribution in [2.24, 2.45) is 5.73 Å². The van der Waals surface area contributed by atoms with E-state index in [-0.39, 0.29) is 17.2 Å².